The lowest BCUT2D eigenvalue weighted by molar-refractivity contribution is 0.0208. The molecule has 1 saturated heterocycles. The van der Waals surface area contributed by atoms with Crippen LogP contribution in [0.5, 0.6) is 0 Å². The number of halogens is 3. The van der Waals surface area contributed by atoms with Crippen LogP contribution in [0.4, 0.5) is 8.78 Å². The summed E-state index contributed by atoms with van der Waals surface area (Å²) in [6.07, 6.45) is -0.191. The number of aromatic nitrogens is 2. The van der Waals surface area contributed by atoms with Crippen LogP contribution in [-0.4, -0.2) is 22.4 Å². The summed E-state index contributed by atoms with van der Waals surface area (Å²) in [4.78, 5) is 7.45. The molecule has 17 heavy (non-hydrogen) atoms. The van der Waals surface area contributed by atoms with E-state index >= 15 is 0 Å². The lowest BCUT2D eigenvalue weighted by Crippen LogP contribution is -2.19. The van der Waals surface area contributed by atoms with Gasteiger partial charge in [-0.3, -0.25) is 0 Å². The van der Waals surface area contributed by atoms with Crippen molar-refractivity contribution in [1.29, 1.82) is 0 Å². The first-order valence-corrected chi connectivity index (χ1v) is 6.38. The van der Waals surface area contributed by atoms with Crippen LogP contribution in [0.1, 0.15) is 18.3 Å². The first-order chi connectivity index (χ1) is 8.03. The predicted molar refractivity (Wildman–Crippen MR) is 69.1 cm³/mol. The van der Waals surface area contributed by atoms with Crippen molar-refractivity contribution in [3.8, 4) is 0 Å². The maximum Gasteiger partial charge on any atom is 0.262 e. The third kappa shape index (κ3) is 2.15. The molecule has 6 heteroatoms. The summed E-state index contributed by atoms with van der Waals surface area (Å²) in [5.41, 5.74) is 1.71. The third-order valence-corrected chi connectivity index (χ3v) is 3.57. The van der Waals surface area contributed by atoms with Gasteiger partial charge in [0.05, 0.1) is 23.6 Å². The Morgan fingerprint density at radius 2 is 2.24 bits per heavy atom. The molecular formula is C11H10F2IN3. The summed E-state index contributed by atoms with van der Waals surface area (Å²) in [7, 11) is 0. The van der Waals surface area contributed by atoms with Gasteiger partial charge in [-0.1, -0.05) is 0 Å². The van der Waals surface area contributed by atoms with Crippen LogP contribution in [0.3, 0.4) is 0 Å². The molecule has 0 spiro atoms. The zero-order valence-corrected chi connectivity index (χ0v) is 11.0. The van der Waals surface area contributed by atoms with Crippen molar-refractivity contribution in [2.45, 2.75) is 18.4 Å². The van der Waals surface area contributed by atoms with Crippen molar-refractivity contribution in [3.63, 3.8) is 0 Å². The van der Waals surface area contributed by atoms with Crippen LogP contribution >= 0.6 is 22.6 Å². The molecule has 1 fully saturated rings. The van der Waals surface area contributed by atoms with Crippen molar-refractivity contribution in [2.24, 2.45) is 0 Å². The molecule has 1 unspecified atom stereocenters. The van der Waals surface area contributed by atoms with E-state index in [1.807, 2.05) is 18.2 Å². The molecule has 2 heterocycles. The Hall–Kier alpha value is -0.760. The number of nitrogens with zero attached hydrogens (tertiary/aromatic N) is 1. The number of aromatic amines is 1. The van der Waals surface area contributed by atoms with Crippen LogP contribution in [-0.2, 0) is 0 Å². The van der Waals surface area contributed by atoms with E-state index in [1.54, 1.807) is 0 Å². The highest BCUT2D eigenvalue weighted by Crippen LogP contribution is 2.33. The monoisotopic (exact) mass is 349 g/mol. The number of alkyl halides is 2. The fourth-order valence-corrected chi connectivity index (χ4v) is 2.57. The molecular weight excluding hydrogens is 339 g/mol. The summed E-state index contributed by atoms with van der Waals surface area (Å²) in [6, 6.07) is 5.42. The quantitative estimate of drug-likeness (QED) is 0.778. The minimum Gasteiger partial charge on any atom is -0.341 e. The molecule has 1 aliphatic heterocycles. The molecule has 3 nitrogen and oxygen atoms in total. The molecule has 2 N–H and O–H groups in total. The van der Waals surface area contributed by atoms with Crippen LogP contribution in [0.15, 0.2) is 18.2 Å². The van der Waals surface area contributed by atoms with Gasteiger partial charge < -0.3 is 10.3 Å². The minimum absolute atomic E-state index is 0.191. The zero-order chi connectivity index (χ0) is 12.0. The number of imidazole rings is 1. The maximum atomic E-state index is 13.1. The second-order valence-electron chi connectivity index (χ2n) is 4.28. The summed E-state index contributed by atoms with van der Waals surface area (Å²) in [5.74, 6) is -2.03. The molecule has 1 aliphatic rings. The van der Waals surface area contributed by atoms with Crippen LogP contribution in [0, 0.1) is 3.57 Å². The standard InChI is InChI=1S/C11H10F2IN3/c12-11(13)4-9(15-5-11)10-16-7-2-1-6(14)3-8(7)17-10/h1-3,9,15H,4-5H2,(H,16,17). The molecule has 0 saturated carbocycles. The highest BCUT2D eigenvalue weighted by atomic mass is 127. The van der Waals surface area contributed by atoms with E-state index in [4.69, 9.17) is 0 Å². The number of benzene rings is 1. The largest absolute Gasteiger partial charge is 0.341 e. The van der Waals surface area contributed by atoms with Gasteiger partial charge in [0, 0.05) is 9.99 Å². The second-order valence-corrected chi connectivity index (χ2v) is 5.52. The molecule has 0 aliphatic carbocycles. The van der Waals surface area contributed by atoms with Gasteiger partial charge in [0.2, 0.25) is 0 Å². The van der Waals surface area contributed by atoms with Crippen molar-refractivity contribution >= 4 is 33.6 Å². The first-order valence-electron chi connectivity index (χ1n) is 5.30. The average molecular weight is 349 g/mol. The number of H-pyrrole nitrogens is 1. The highest BCUT2D eigenvalue weighted by molar-refractivity contribution is 14.1. The molecule has 0 radical (unpaired) electrons. The van der Waals surface area contributed by atoms with Gasteiger partial charge in [-0.05, 0) is 40.8 Å². The van der Waals surface area contributed by atoms with Crippen LogP contribution in [0.25, 0.3) is 11.0 Å². The van der Waals surface area contributed by atoms with Crippen molar-refractivity contribution in [2.75, 3.05) is 6.54 Å². The lowest BCUT2D eigenvalue weighted by Gasteiger charge is -2.06. The van der Waals surface area contributed by atoms with Crippen molar-refractivity contribution in [1.82, 2.24) is 15.3 Å². The molecule has 2 aromatic rings. The normalized spacial score (nSPS) is 23.4. The van der Waals surface area contributed by atoms with Gasteiger partial charge in [-0.2, -0.15) is 0 Å². The number of hydrogen-bond acceptors (Lipinski definition) is 2. The molecule has 1 aromatic carbocycles. The van der Waals surface area contributed by atoms with E-state index in [1.165, 1.54) is 0 Å². The summed E-state index contributed by atoms with van der Waals surface area (Å²) in [6.45, 7) is -0.272. The molecule has 3 rings (SSSR count). The Kier molecular flexibility index (Phi) is 2.58. The molecule has 1 aromatic heterocycles. The SMILES string of the molecule is FC1(F)CNC(c2nc3ccc(I)cc3[nH]2)C1. The van der Waals surface area contributed by atoms with Gasteiger partial charge in [-0.15, -0.1) is 0 Å². The van der Waals surface area contributed by atoms with E-state index in [0.717, 1.165) is 14.6 Å². The summed E-state index contributed by atoms with van der Waals surface area (Å²) in [5, 5.41) is 2.79. The Labute approximate surface area is 110 Å². The predicted octanol–water partition coefficient (Wildman–Crippen LogP) is 2.84. The number of fused-ring (bicyclic) bond motifs is 1. The third-order valence-electron chi connectivity index (χ3n) is 2.90. The van der Waals surface area contributed by atoms with Crippen LogP contribution < -0.4 is 5.32 Å². The van der Waals surface area contributed by atoms with Crippen molar-refractivity contribution < 1.29 is 8.78 Å². The van der Waals surface area contributed by atoms with Crippen molar-refractivity contribution in [3.05, 3.63) is 27.6 Å². The molecule has 1 atom stereocenters. The van der Waals surface area contributed by atoms with E-state index < -0.39 is 5.92 Å². The molecule has 0 bridgehead atoms. The zero-order valence-electron chi connectivity index (χ0n) is 8.80. The van der Waals surface area contributed by atoms with Gasteiger partial charge in [0.1, 0.15) is 5.82 Å². The summed E-state index contributed by atoms with van der Waals surface area (Å²) >= 11 is 2.21. The maximum absolute atomic E-state index is 13.1. The van der Waals surface area contributed by atoms with E-state index in [-0.39, 0.29) is 19.0 Å². The Balaban J connectivity index is 1.96. The Morgan fingerprint density at radius 3 is 2.94 bits per heavy atom. The Morgan fingerprint density at radius 1 is 1.41 bits per heavy atom. The second kappa shape index (κ2) is 3.88. The topological polar surface area (TPSA) is 40.7 Å². The van der Waals surface area contributed by atoms with E-state index in [0.29, 0.717) is 5.82 Å². The lowest BCUT2D eigenvalue weighted by atomic mass is 10.2. The number of hydrogen-bond donors (Lipinski definition) is 2. The van der Waals surface area contributed by atoms with Gasteiger partial charge >= 0.3 is 0 Å². The smallest absolute Gasteiger partial charge is 0.262 e. The van der Waals surface area contributed by atoms with E-state index in [9.17, 15) is 8.78 Å². The van der Waals surface area contributed by atoms with Crippen LogP contribution in [0.2, 0.25) is 0 Å². The average Bonchev–Trinajstić information content (AvgIpc) is 2.80. The van der Waals surface area contributed by atoms with Gasteiger partial charge in [0.25, 0.3) is 5.92 Å². The Bertz CT molecular complexity index is 567. The fourth-order valence-electron chi connectivity index (χ4n) is 2.08. The van der Waals surface area contributed by atoms with Gasteiger partial charge in [-0.25, -0.2) is 13.8 Å². The molecule has 0 amide bonds. The van der Waals surface area contributed by atoms with E-state index in [2.05, 4.69) is 37.9 Å². The van der Waals surface area contributed by atoms with Gasteiger partial charge in [0.15, 0.2) is 0 Å². The minimum atomic E-state index is -2.63. The highest BCUT2D eigenvalue weighted by Gasteiger charge is 2.40. The fraction of sp³-hybridized carbons (Fsp3) is 0.364. The number of rotatable bonds is 1. The number of nitrogens with one attached hydrogen (secondary N) is 2. The molecule has 90 valence electrons. The first kappa shape index (κ1) is 11.3. The summed E-state index contributed by atoms with van der Waals surface area (Å²) < 4.78 is 27.3.